The molecule has 3 rings (SSSR count). The topological polar surface area (TPSA) is 78.4 Å². The van der Waals surface area contributed by atoms with E-state index in [1.807, 2.05) is 30.3 Å². The molecule has 2 unspecified atom stereocenters. The van der Waals surface area contributed by atoms with Crippen LogP contribution in [0.2, 0.25) is 0 Å². The fourth-order valence-corrected chi connectivity index (χ4v) is 3.62. The number of nitrogens with one attached hydrogen (secondary N) is 2. The first kappa shape index (κ1) is 15.0. The lowest BCUT2D eigenvalue weighted by Crippen LogP contribution is -2.43. The van der Waals surface area contributed by atoms with Crippen LogP contribution in [0, 0.1) is 5.92 Å². The number of rotatable bonds is 4. The van der Waals surface area contributed by atoms with E-state index in [0.717, 1.165) is 15.0 Å². The lowest BCUT2D eigenvalue weighted by Gasteiger charge is -2.22. The molecule has 1 aromatic carbocycles. The Hall–Kier alpha value is -1.92. The molecule has 6 heteroatoms. The molecule has 0 aliphatic carbocycles. The van der Waals surface area contributed by atoms with Gasteiger partial charge in [-0.3, -0.25) is 9.59 Å². The maximum absolute atomic E-state index is 12.0. The molecule has 116 valence electrons. The molecule has 22 heavy (non-hydrogen) atoms. The Balaban J connectivity index is 1.56. The summed E-state index contributed by atoms with van der Waals surface area (Å²) in [4.78, 5) is 24.0. The van der Waals surface area contributed by atoms with Crippen molar-refractivity contribution in [3.8, 4) is 0 Å². The largest absolute Gasteiger partial charge is 0.386 e. The highest BCUT2D eigenvalue weighted by Gasteiger charge is 2.24. The van der Waals surface area contributed by atoms with Crippen LogP contribution in [-0.2, 0) is 9.59 Å². The molecule has 2 amide bonds. The summed E-state index contributed by atoms with van der Waals surface area (Å²) in [6.07, 6.45) is 0.243. The molecule has 0 bridgehead atoms. The van der Waals surface area contributed by atoms with E-state index in [1.54, 1.807) is 0 Å². The van der Waals surface area contributed by atoms with Gasteiger partial charge in [-0.1, -0.05) is 18.2 Å². The number of hydrogen-bond acceptors (Lipinski definition) is 4. The van der Waals surface area contributed by atoms with Gasteiger partial charge in [0.15, 0.2) is 0 Å². The summed E-state index contributed by atoms with van der Waals surface area (Å²) in [5.41, 5.74) is 0. The van der Waals surface area contributed by atoms with Crippen molar-refractivity contribution in [2.24, 2.45) is 5.92 Å². The zero-order valence-corrected chi connectivity index (χ0v) is 12.9. The summed E-state index contributed by atoms with van der Waals surface area (Å²) >= 11 is 1.53. The monoisotopic (exact) mass is 318 g/mol. The number of carbonyl (C=O) groups is 2. The summed E-state index contributed by atoms with van der Waals surface area (Å²) in [5.74, 6) is -0.318. The van der Waals surface area contributed by atoms with E-state index < -0.39 is 6.10 Å². The van der Waals surface area contributed by atoms with E-state index >= 15 is 0 Å². The van der Waals surface area contributed by atoms with Crippen molar-refractivity contribution >= 4 is 33.2 Å². The van der Waals surface area contributed by atoms with Crippen molar-refractivity contribution in [1.29, 1.82) is 0 Å². The molecule has 2 atom stereocenters. The number of fused-ring (bicyclic) bond motifs is 1. The van der Waals surface area contributed by atoms with Crippen LogP contribution >= 0.6 is 11.3 Å². The minimum absolute atomic E-state index is 0.00522. The van der Waals surface area contributed by atoms with Crippen LogP contribution < -0.4 is 10.6 Å². The maximum Gasteiger partial charge on any atom is 0.225 e. The second-order valence-corrected chi connectivity index (χ2v) is 6.60. The third-order valence-corrected chi connectivity index (χ3v) is 5.10. The maximum atomic E-state index is 12.0. The van der Waals surface area contributed by atoms with Gasteiger partial charge in [0.2, 0.25) is 11.8 Å². The molecule has 0 spiro atoms. The number of aliphatic hydroxyl groups excluding tert-OH is 1. The van der Waals surface area contributed by atoms with Crippen molar-refractivity contribution < 1.29 is 14.7 Å². The third-order valence-electron chi connectivity index (χ3n) is 3.88. The van der Waals surface area contributed by atoms with Crippen molar-refractivity contribution in [2.75, 3.05) is 13.1 Å². The van der Waals surface area contributed by atoms with Gasteiger partial charge in [-0.15, -0.1) is 11.3 Å². The van der Waals surface area contributed by atoms with Crippen molar-refractivity contribution in [3.05, 3.63) is 35.2 Å². The zero-order valence-electron chi connectivity index (χ0n) is 12.0. The van der Waals surface area contributed by atoms with Crippen LogP contribution in [0.25, 0.3) is 10.1 Å². The lowest BCUT2D eigenvalue weighted by atomic mass is 9.98. The molecule has 1 fully saturated rings. The number of amides is 2. The number of thiophene rings is 1. The summed E-state index contributed by atoms with van der Waals surface area (Å²) < 4.78 is 1.12. The molecule has 0 saturated carbocycles. The molecular weight excluding hydrogens is 300 g/mol. The van der Waals surface area contributed by atoms with E-state index in [-0.39, 0.29) is 24.3 Å². The van der Waals surface area contributed by atoms with Crippen LogP contribution in [0.3, 0.4) is 0 Å². The highest BCUT2D eigenvalue weighted by atomic mass is 32.1. The van der Waals surface area contributed by atoms with Crippen LogP contribution in [0.5, 0.6) is 0 Å². The SMILES string of the molecule is O=C1CCC(C(=O)NCC(O)c2cc3ccccc3s2)CN1. The fraction of sp³-hybridized carbons (Fsp3) is 0.375. The first-order valence-corrected chi connectivity index (χ1v) is 8.16. The number of piperidine rings is 1. The van der Waals surface area contributed by atoms with E-state index in [1.165, 1.54) is 11.3 Å². The summed E-state index contributed by atoms with van der Waals surface area (Å²) in [6.45, 7) is 0.569. The normalized spacial score (nSPS) is 19.7. The van der Waals surface area contributed by atoms with Crippen LogP contribution in [0.4, 0.5) is 0 Å². The minimum atomic E-state index is -0.709. The van der Waals surface area contributed by atoms with Crippen molar-refractivity contribution in [2.45, 2.75) is 18.9 Å². The van der Waals surface area contributed by atoms with Gasteiger partial charge < -0.3 is 15.7 Å². The molecule has 1 aliphatic rings. The number of aliphatic hydroxyl groups is 1. The predicted octanol–water partition coefficient (Wildman–Crippen LogP) is 1.58. The zero-order chi connectivity index (χ0) is 15.5. The smallest absolute Gasteiger partial charge is 0.225 e. The molecule has 2 aromatic rings. The second kappa shape index (κ2) is 6.46. The molecule has 1 saturated heterocycles. The van der Waals surface area contributed by atoms with Gasteiger partial charge in [-0.25, -0.2) is 0 Å². The van der Waals surface area contributed by atoms with Gasteiger partial charge in [-0.05, 0) is 23.9 Å². The predicted molar refractivity (Wildman–Crippen MR) is 85.5 cm³/mol. The minimum Gasteiger partial charge on any atom is -0.386 e. The molecule has 3 N–H and O–H groups in total. The van der Waals surface area contributed by atoms with E-state index in [9.17, 15) is 14.7 Å². The van der Waals surface area contributed by atoms with Crippen molar-refractivity contribution in [1.82, 2.24) is 10.6 Å². The Kier molecular flexibility index (Phi) is 4.40. The standard InChI is InChI=1S/C16H18N2O3S/c19-12(14-7-10-3-1-2-4-13(10)22-14)9-18-16(21)11-5-6-15(20)17-8-11/h1-4,7,11-12,19H,5-6,8-9H2,(H,17,20)(H,18,21). The lowest BCUT2D eigenvalue weighted by molar-refractivity contribution is -0.129. The van der Waals surface area contributed by atoms with E-state index in [4.69, 9.17) is 0 Å². The van der Waals surface area contributed by atoms with Gasteiger partial charge in [0.25, 0.3) is 0 Å². The van der Waals surface area contributed by atoms with E-state index in [0.29, 0.717) is 19.4 Å². The quantitative estimate of drug-likeness (QED) is 0.801. The molecule has 2 heterocycles. The van der Waals surface area contributed by atoms with Gasteiger partial charge in [0, 0.05) is 29.1 Å². The summed E-state index contributed by atoms with van der Waals surface area (Å²) in [6, 6.07) is 9.90. The second-order valence-electron chi connectivity index (χ2n) is 5.49. The first-order valence-electron chi connectivity index (χ1n) is 7.34. The highest BCUT2D eigenvalue weighted by Crippen LogP contribution is 2.29. The van der Waals surface area contributed by atoms with Gasteiger partial charge in [-0.2, -0.15) is 0 Å². The highest BCUT2D eigenvalue weighted by molar-refractivity contribution is 7.19. The molecule has 0 radical (unpaired) electrons. The third kappa shape index (κ3) is 3.28. The Morgan fingerprint density at radius 3 is 3.00 bits per heavy atom. The fourth-order valence-electron chi connectivity index (χ4n) is 2.57. The number of carbonyl (C=O) groups excluding carboxylic acids is 2. The first-order chi connectivity index (χ1) is 10.6. The molecule has 1 aliphatic heterocycles. The molecule has 1 aromatic heterocycles. The van der Waals surface area contributed by atoms with Crippen LogP contribution in [-0.4, -0.2) is 30.0 Å². The number of benzene rings is 1. The van der Waals surface area contributed by atoms with E-state index in [2.05, 4.69) is 10.6 Å². The van der Waals surface area contributed by atoms with Gasteiger partial charge in [0.05, 0.1) is 5.92 Å². The molecule has 5 nitrogen and oxygen atoms in total. The van der Waals surface area contributed by atoms with Crippen LogP contribution in [0.15, 0.2) is 30.3 Å². The molecular formula is C16H18N2O3S. The number of hydrogen-bond donors (Lipinski definition) is 3. The Morgan fingerprint density at radius 2 is 2.27 bits per heavy atom. The van der Waals surface area contributed by atoms with Gasteiger partial charge in [0.1, 0.15) is 6.10 Å². The Labute approximate surface area is 132 Å². The Morgan fingerprint density at radius 1 is 1.45 bits per heavy atom. The average Bonchev–Trinajstić information content (AvgIpc) is 2.97. The van der Waals surface area contributed by atoms with Crippen LogP contribution in [0.1, 0.15) is 23.8 Å². The van der Waals surface area contributed by atoms with Crippen molar-refractivity contribution in [3.63, 3.8) is 0 Å². The summed E-state index contributed by atoms with van der Waals surface area (Å²) in [7, 11) is 0. The Bertz CT molecular complexity index is 655. The summed E-state index contributed by atoms with van der Waals surface area (Å²) in [5, 5.41) is 16.8. The van der Waals surface area contributed by atoms with Gasteiger partial charge >= 0.3 is 0 Å². The average molecular weight is 318 g/mol.